The van der Waals surface area contributed by atoms with Gasteiger partial charge in [0.05, 0.1) is 6.61 Å². The fourth-order valence-corrected chi connectivity index (χ4v) is 3.67. The third kappa shape index (κ3) is 2.63. The van der Waals surface area contributed by atoms with Crippen LogP contribution in [-0.4, -0.2) is 36.0 Å². The monoisotopic (exact) mass is 265 g/mol. The predicted octanol–water partition coefficient (Wildman–Crippen LogP) is 1.98. The van der Waals surface area contributed by atoms with Gasteiger partial charge in [0.25, 0.3) is 0 Å². The normalized spacial score (nSPS) is 32.4. The molecule has 19 heavy (non-hydrogen) atoms. The molecule has 3 rings (SSSR count). The topological polar surface area (TPSA) is 46.6 Å². The number of amides is 1. The predicted molar refractivity (Wildman–Crippen MR) is 70.3 cm³/mol. The van der Waals surface area contributed by atoms with Gasteiger partial charge < -0.3 is 9.64 Å². The van der Waals surface area contributed by atoms with Crippen molar-refractivity contribution in [2.45, 2.75) is 51.5 Å². The molecule has 0 spiro atoms. The van der Waals surface area contributed by atoms with Gasteiger partial charge in [-0.1, -0.05) is 12.8 Å². The Morgan fingerprint density at radius 3 is 2.26 bits per heavy atom. The van der Waals surface area contributed by atoms with Gasteiger partial charge in [-0.05, 0) is 44.4 Å². The molecule has 3 fully saturated rings. The van der Waals surface area contributed by atoms with Crippen molar-refractivity contribution in [1.29, 1.82) is 0 Å². The third-order valence-electron chi connectivity index (χ3n) is 4.82. The molecule has 4 nitrogen and oxygen atoms in total. The minimum atomic E-state index is -0.258. The lowest BCUT2D eigenvalue weighted by Gasteiger charge is -2.21. The molecular formula is C15H23NO3. The summed E-state index contributed by atoms with van der Waals surface area (Å²) in [6.07, 6.45) is 7.05. The molecule has 0 bridgehead atoms. The first kappa shape index (κ1) is 12.9. The van der Waals surface area contributed by atoms with E-state index < -0.39 is 0 Å². The summed E-state index contributed by atoms with van der Waals surface area (Å²) in [6.45, 7) is 2.35. The minimum Gasteiger partial charge on any atom is -0.465 e. The minimum absolute atomic E-state index is 0.160. The molecule has 0 aliphatic heterocycles. The summed E-state index contributed by atoms with van der Waals surface area (Å²) in [5, 5.41) is 0. The first-order chi connectivity index (χ1) is 9.22. The van der Waals surface area contributed by atoms with Gasteiger partial charge in [-0.3, -0.25) is 9.59 Å². The summed E-state index contributed by atoms with van der Waals surface area (Å²) in [6, 6.07) is 0.305. The zero-order valence-corrected chi connectivity index (χ0v) is 11.6. The average molecular weight is 265 g/mol. The molecule has 3 saturated carbocycles. The van der Waals surface area contributed by atoms with E-state index in [1.54, 1.807) is 11.8 Å². The van der Waals surface area contributed by atoms with Gasteiger partial charge in [-0.15, -0.1) is 0 Å². The summed E-state index contributed by atoms with van der Waals surface area (Å²) in [4.78, 5) is 26.0. The van der Waals surface area contributed by atoms with Crippen molar-refractivity contribution in [2.24, 2.45) is 17.8 Å². The van der Waals surface area contributed by atoms with Crippen LogP contribution in [0.5, 0.6) is 0 Å². The van der Waals surface area contributed by atoms with Crippen molar-refractivity contribution < 1.29 is 14.3 Å². The van der Waals surface area contributed by atoms with Gasteiger partial charge >= 0.3 is 5.97 Å². The van der Waals surface area contributed by atoms with Crippen LogP contribution in [0.2, 0.25) is 0 Å². The standard InChI is InChI=1S/C15H23NO3/c1-2-19-13(17)9-16(10-7-8-10)15(18)14-11-5-3-4-6-12(11)14/h10-12,14H,2-9H2,1H3. The fourth-order valence-electron chi connectivity index (χ4n) is 3.67. The highest BCUT2D eigenvalue weighted by Gasteiger charge is 2.57. The number of carbonyl (C=O) groups excluding carboxylic acids is 2. The molecule has 0 radical (unpaired) electrons. The lowest BCUT2D eigenvalue weighted by atomic mass is 10.0. The number of fused-ring (bicyclic) bond motifs is 1. The number of carbonyl (C=O) groups is 2. The third-order valence-corrected chi connectivity index (χ3v) is 4.82. The molecule has 0 N–H and O–H groups in total. The molecule has 3 aliphatic rings. The second-order valence-electron chi connectivity index (χ2n) is 6.14. The van der Waals surface area contributed by atoms with E-state index in [0.29, 0.717) is 24.5 Å². The van der Waals surface area contributed by atoms with Crippen LogP contribution in [0.1, 0.15) is 45.4 Å². The molecular weight excluding hydrogens is 242 g/mol. The van der Waals surface area contributed by atoms with Gasteiger partial charge in [0.15, 0.2) is 0 Å². The Bertz CT molecular complexity index is 366. The number of rotatable bonds is 5. The van der Waals surface area contributed by atoms with E-state index in [2.05, 4.69) is 0 Å². The maximum absolute atomic E-state index is 12.6. The molecule has 0 saturated heterocycles. The molecule has 0 aromatic carbocycles. The molecule has 2 unspecified atom stereocenters. The summed E-state index contributed by atoms with van der Waals surface area (Å²) in [5.74, 6) is 1.42. The number of nitrogens with zero attached hydrogens (tertiary/aromatic N) is 1. The Labute approximate surface area is 114 Å². The van der Waals surface area contributed by atoms with Gasteiger partial charge in [0.1, 0.15) is 6.54 Å². The van der Waals surface area contributed by atoms with Crippen molar-refractivity contribution in [3.8, 4) is 0 Å². The van der Waals surface area contributed by atoms with E-state index >= 15 is 0 Å². The van der Waals surface area contributed by atoms with Crippen LogP contribution in [0, 0.1) is 17.8 Å². The zero-order chi connectivity index (χ0) is 13.4. The smallest absolute Gasteiger partial charge is 0.325 e. The van der Waals surface area contributed by atoms with Gasteiger partial charge in [0.2, 0.25) is 5.91 Å². The molecule has 0 aromatic heterocycles. The van der Waals surface area contributed by atoms with Gasteiger partial charge in [-0.25, -0.2) is 0 Å². The van der Waals surface area contributed by atoms with Crippen molar-refractivity contribution in [3.63, 3.8) is 0 Å². The van der Waals surface area contributed by atoms with Crippen molar-refractivity contribution in [3.05, 3.63) is 0 Å². The lowest BCUT2D eigenvalue weighted by molar-refractivity contribution is -0.150. The number of esters is 1. The largest absolute Gasteiger partial charge is 0.465 e. The Balaban J connectivity index is 1.60. The van der Waals surface area contributed by atoms with Crippen LogP contribution in [-0.2, 0) is 14.3 Å². The number of ether oxygens (including phenoxy) is 1. The SMILES string of the molecule is CCOC(=O)CN(C(=O)C1C2CCCCC21)C1CC1. The van der Waals surface area contributed by atoms with Crippen LogP contribution in [0.3, 0.4) is 0 Å². The van der Waals surface area contributed by atoms with Crippen LogP contribution in [0.15, 0.2) is 0 Å². The Morgan fingerprint density at radius 1 is 1.11 bits per heavy atom. The average Bonchev–Trinajstić information content (AvgIpc) is 3.28. The molecule has 0 heterocycles. The van der Waals surface area contributed by atoms with Crippen molar-refractivity contribution in [2.75, 3.05) is 13.2 Å². The second-order valence-corrected chi connectivity index (χ2v) is 6.14. The second kappa shape index (κ2) is 5.14. The quantitative estimate of drug-likeness (QED) is 0.714. The zero-order valence-electron chi connectivity index (χ0n) is 11.6. The van der Waals surface area contributed by atoms with Crippen LogP contribution < -0.4 is 0 Å². The molecule has 4 heteroatoms. The molecule has 2 atom stereocenters. The first-order valence-electron chi connectivity index (χ1n) is 7.68. The van der Waals surface area contributed by atoms with E-state index in [4.69, 9.17) is 4.74 Å². The number of hydrogen-bond donors (Lipinski definition) is 0. The van der Waals surface area contributed by atoms with Crippen LogP contribution >= 0.6 is 0 Å². The van der Waals surface area contributed by atoms with E-state index in [-0.39, 0.29) is 24.3 Å². The van der Waals surface area contributed by atoms with Gasteiger partial charge in [-0.2, -0.15) is 0 Å². The van der Waals surface area contributed by atoms with Crippen LogP contribution in [0.4, 0.5) is 0 Å². The van der Waals surface area contributed by atoms with Crippen LogP contribution in [0.25, 0.3) is 0 Å². The maximum Gasteiger partial charge on any atom is 0.325 e. The Kier molecular flexibility index (Phi) is 3.50. The summed E-state index contributed by atoms with van der Waals surface area (Å²) >= 11 is 0. The van der Waals surface area contributed by atoms with E-state index in [1.165, 1.54) is 25.7 Å². The summed E-state index contributed by atoms with van der Waals surface area (Å²) in [7, 11) is 0. The Morgan fingerprint density at radius 2 is 1.74 bits per heavy atom. The molecule has 3 aliphatic carbocycles. The highest BCUT2D eigenvalue weighted by Crippen LogP contribution is 2.56. The summed E-state index contributed by atoms with van der Waals surface area (Å²) in [5.41, 5.74) is 0. The summed E-state index contributed by atoms with van der Waals surface area (Å²) < 4.78 is 4.99. The Hall–Kier alpha value is -1.06. The maximum atomic E-state index is 12.6. The molecule has 1 amide bonds. The molecule has 0 aromatic rings. The highest BCUT2D eigenvalue weighted by molar-refractivity contribution is 5.86. The van der Waals surface area contributed by atoms with E-state index in [1.807, 2.05) is 0 Å². The van der Waals surface area contributed by atoms with Crippen molar-refractivity contribution in [1.82, 2.24) is 4.90 Å². The fraction of sp³-hybridized carbons (Fsp3) is 0.867. The lowest BCUT2D eigenvalue weighted by Crippen LogP contribution is -2.39. The number of hydrogen-bond acceptors (Lipinski definition) is 3. The highest BCUT2D eigenvalue weighted by atomic mass is 16.5. The van der Waals surface area contributed by atoms with E-state index in [9.17, 15) is 9.59 Å². The molecule has 106 valence electrons. The van der Waals surface area contributed by atoms with E-state index in [0.717, 1.165) is 12.8 Å². The first-order valence-corrected chi connectivity index (χ1v) is 7.68. The van der Waals surface area contributed by atoms with Crippen molar-refractivity contribution >= 4 is 11.9 Å². The van der Waals surface area contributed by atoms with Gasteiger partial charge in [0, 0.05) is 12.0 Å².